The summed E-state index contributed by atoms with van der Waals surface area (Å²) in [5, 5.41) is 4.67. The maximum absolute atomic E-state index is 6.02. The standard InChI is InChI=1S/C22H20N2O/c1-22(2,3)20-12-17(10-11-23-20)25-21-13-19-16(14-24-21)9-8-15-6-4-5-7-18(15)19/h4-14H,1-3H3. The minimum Gasteiger partial charge on any atom is -0.439 e. The molecule has 4 aromatic rings. The maximum Gasteiger partial charge on any atom is 0.219 e. The van der Waals surface area contributed by atoms with Crippen LogP contribution in [-0.4, -0.2) is 9.97 Å². The molecule has 3 nitrogen and oxygen atoms in total. The quantitative estimate of drug-likeness (QED) is 0.431. The summed E-state index contributed by atoms with van der Waals surface area (Å²) < 4.78 is 6.02. The molecule has 0 aliphatic heterocycles. The molecular formula is C22H20N2O. The van der Waals surface area contributed by atoms with E-state index >= 15 is 0 Å². The molecule has 4 rings (SSSR count). The van der Waals surface area contributed by atoms with E-state index in [1.54, 1.807) is 6.20 Å². The third kappa shape index (κ3) is 3.05. The van der Waals surface area contributed by atoms with E-state index in [9.17, 15) is 0 Å². The number of ether oxygens (including phenoxy) is 1. The summed E-state index contributed by atoms with van der Waals surface area (Å²) in [4.78, 5) is 8.90. The van der Waals surface area contributed by atoms with Crippen LogP contribution in [0.4, 0.5) is 0 Å². The minimum atomic E-state index is -0.0214. The lowest BCUT2D eigenvalue weighted by molar-refractivity contribution is 0.458. The van der Waals surface area contributed by atoms with Crippen LogP contribution in [-0.2, 0) is 5.41 Å². The van der Waals surface area contributed by atoms with Crippen molar-refractivity contribution in [1.82, 2.24) is 9.97 Å². The molecule has 2 aromatic heterocycles. The molecule has 25 heavy (non-hydrogen) atoms. The number of nitrogens with zero attached hydrogens (tertiary/aromatic N) is 2. The van der Waals surface area contributed by atoms with E-state index in [-0.39, 0.29) is 5.41 Å². The first-order valence-electron chi connectivity index (χ1n) is 8.43. The molecule has 0 atom stereocenters. The molecule has 0 aliphatic rings. The van der Waals surface area contributed by atoms with E-state index in [0.717, 1.165) is 22.2 Å². The van der Waals surface area contributed by atoms with Crippen molar-refractivity contribution in [2.75, 3.05) is 0 Å². The number of pyridine rings is 2. The molecule has 0 bridgehead atoms. The van der Waals surface area contributed by atoms with Crippen molar-refractivity contribution in [2.24, 2.45) is 0 Å². The smallest absolute Gasteiger partial charge is 0.219 e. The first-order chi connectivity index (χ1) is 12.0. The van der Waals surface area contributed by atoms with Gasteiger partial charge in [-0.1, -0.05) is 57.2 Å². The average Bonchev–Trinajstić information content (AvgIpc) is 2.61. The van der Waals surface area contributed by atoms with Gasteiger partial charge < -0.3 is 4.74 Å². The highest BCUT2D eigenvalue weighted by Crippen LogP contribution is 2.30. The van der Waals surface area contributed by atoms with Crippen molar-refractivity contribution < 1.29 is 4.74 Å². The Balaban J connectivity index is 1.76. The van der Waals surface area contributed by atoms with Crippen molar-refractivity contribution in [3.63, 3.8) is 0 Å². The summed E-state index contributed by atoms with van der Waals surface area (Å²) >= 11 is 0. The predicted molar refractivity (Wildman–Crippen MR) is 102 cm³/mol. The number of fused-ring (bicyclic) bond motifs is 3. The fraction of sp³-hybridized carbons (Fsp3) is 0.182. The number of aromatic nitrogens is 2. The first kappa shape index (κ1) is 15.6. The lowest BCUT2D eigenvalue weighted by atomic mass is 9.92. The van der Waals surface area contributed by atoms with Gasteiger partial charge in [-0.2, -0.15) is 0 Å². The minimum absolute atomic E-state index is 0.0214. The lowest BCUT2D eigenvalue weighted by Crippen LogP contribution is -2.13. The summed E-state index contributed by atoms with van der Waals surface area (Å²) in [5.74, 6) is 1.35. The van der Waals surface area contributed by atoms with E-state index < -0.39 is 0 Å². The highest BCUT2D eigenvalue weighted by molar-refractivity contribution is 6.07. The zero-order valence-electron chi connectivity index (χ0n) is 14.7. The monoisotopic (exact) mass is 328 g/mol. The molecule has 0 amide bonds. The van der Waals surface area contributed by atoms with Gasteiger partial charge in [-0.25, -0.2) is 4.98 Å². The Hall–Kier alpha value is -2.94. The Morgan fingerprint density at radius 2 is 1.60 bits per heavy atom. The first-order valence-corrected chi connectivity index (χ1v) is 8.43. The van der Waals surface area contributed by atoms with Gasteiger partial charge in [0.15, 0.2) is 0 Å². The fourth-order valence-electron chi connectivity index (χ4n) is 2.94. The van der Waals surface area contributed by atoms with Gasteiger partial charge in [0.1, 0.15) is 5.75 Å². The number of benzene rings is 2. The Bertz CT molecular complexity index is 1060. The lowest BCUT2D eigenvalue weighted by Gasteiger charge is -2.18. The highest BCUT2D eigenvalue weighted by Gasteiger charge is 2.16. The molecule has 2 heterocycles. The van der Waals surface area contributed by atoms with Gasteiger partial charge in [0.05, 0.1) is 0 Å². The third-order valence-corrected chi connectivity index (χ3v) is 4.33. The predicted octanol–water partition coefficient (Wildman–Crippen LogP) is 5.87. The maximum atomic E-state index is 6.02. The largest absolute Gasteiger partial charge is 0.439 e. The van der Waals surface area contributed by atoms with E-state index in [4.69, 9.17) is 4.74 Å². The van der Waals surface area contributed by atoms with Gasteiger partial charge in [0.25, 0.3) is 0 Å². The van der Waals surface area contributed by atoms with E-state index in [2.05, 4.69) is 67.1 Å². The van der Waals surface area contributed by atoms with Crippen LogP contribution in [0, 0.1) is 0 Å². The van der Waals surface area contributed by atoms with Crippen LogP contribution in [0.25, 0.3) is 21.5 Å². The second-order valence-corrected chi connectivity index (χ2v) is 7.26. The van der Waals surface area contributed by atoms with Crippen LogP contribution in [0.3, 0.4) is 0 Å². The Kier molecular flexibility index (Phi) is 3.65. The zero-order chi connectivity index (χ0) is 17.4. The Morgan fingerprint density at radius 1 is 0.800 bits per heavy atom. The second-order valence-electron chi connectivity index (χ2n) is 7.26. The number of hydrogen-bond donors (Lipinski definition) is 0. The summed E-state index contributed by atoms with van der Waals surface area (Å²) in [6.45, 7) is 6.42. The van der Waals surface area contributed by atoms with Gasteiger partial charge >= 0.3 is 0 Å². The SMILES string of the molecule is CC(C)(C)c1cc(Oc2cc3c(ccc4ccccc43)cn2)ccn1. The van der Waals surface area contributed by atoms with Gasteiger partial charge in [-0.15, -0.1) is 0 Å². The van der Waals surface area contributed by atoms with Crippen LogP contribution in [0.5, 0.6) is 11.6 Å². The van der Waals surface area contributed by atoms with Crippen LogP contribution >= 0.6 is 0 Å². The molecule has 0 N–H and O–H groups in total. The van der Waals surface area contributed by atoms with Crippen LogP contribution < -0.4 is 4.74 Å². The summed E-state index contributed by atoms with van der Waals surface area (Å²) in [6.07, 6.45) is 3.65. The molecule has 0 aliphatic carbocycles. The molecular weight excluding hydrogens is 308 g/mol. The highest BCUT2D eigenvalue weighted by atomic mass is 16.5. The van der Waals surface area contributed by atoms with Gasteiger partial charge in [0, 0.05) is 41.0 Å². The Morgan fingerprint density at radius 3 is 2.44 bits per heavy atom. The van der Waals surface area contributed by atoms with E-state index in [1.807, 2.05) is 24.4 Å². The Labute approximate surface area is 147 Å². The van der Waals surface area contributed by atoms with Crippen molar-refractivity contribution in [3.05, 3.63) is 72.7 Å². The fourth-order valence-corrected chi connectivity index (χ4v) is 2.94. The van der Waals surface area contributed by atoms with Crippen molar-refractivity contribution in [3.8, 4) is 11.6 Å². The summed E-state index contributed by atoms with van der Waals surface area (Å²) in [5.41, 5.74) is 0.975. The molecule has 124 valence electrons. The van der Waals surface area contributed by atoms with E-state index in [0.29, 0.717) is 5.88 Å². The van der Waals surface area contributed by atoms with Crippen molar-refractivity contribution in [2.45, 2.75) is 26.2 Å². The summed E-state index contributed by atoms with van der Waals surface area (Å²) in [7, 11) is 0. The average molecular weight is 328 g/mol. The van der Waals surface area contributed by atoms with Crippen molar-refractivity contribution in [1.29, 1.82) is 0 Å². The second kappa shape index (κ2) is 5.85. The number of hydrogen-bond acceptors (Lipinski definition) is 3. The van der Waals surface area contributed by atoms with Gasteiger partial charge in [-0.3, -0.25) is 4.98 Å². The molecule has 0 saturated heterocycles. The molecule has 2 aromatic carbocycles. The van der Waals surface area contributed by atoms with Crippen LogP contribution in [0.1, 0.15) is 26.5 Å². The van der Waals surface area contributed by atoms with Crippen LogP contribution in [0.2, 0.25) is 0 Å². The van der Waals surface area contributed by atoms with Gasteiger partial charge in [-0.05, 0) is 22.2 Å². The topological polar surface area (TPSA) is 35.0 Å². The molecule has 0 radical (unpaired) electrons. The van der Waals surface area contributed by atoms with Gasteiger partial charge in [0.2, 0.25) is 5.88 Å². The number of rotatable bonds is 2. The third-order valence-electron chi connectivity index (χ3n) is 4.33. The molecule has 0 unspecified atom stereocenters. The normalized spacial score (nSPS) is 11.8. The molecule has 0 spiro atoms. The molecule has 0 fully saturated rings. The van der Waals surface area contributed by atoms with E-state index in [1.165, 1.54) is 10.8 Å². The molecule has 0 saturated carbocycles. The zero-order valence-corrected chi connectivity index (χ0v) is 14.7. The van der Waals surface area contributed by atoms with Crippen LogP contribution in [0.15, 0.2) is 67.0 Å². The van der Waals surface area contributed by atoms with Crippen molar-refractivity contribution >= 4 is 21.5 Å². The molecule has 3 heteroatoms. The summed E-state index contributed by atoms with van der Waals surface area (Å²) in [6, 6.07) is 18.4.